The molecule has 8 heteroatoms. The molecule has 0 atom stereocenters. The first-order valence-electron chi connectivity index (χ1n) is 5.78. The van der Waals surface area contributed by atoms with Gasteiger partial charge in [0.1, 0.15) is 35.4 Å². The van der Waals surface area contributed by atoms with Crippen LogP contribution in [0.5, 0.6) is 0 Å². The summed E-state index contributed by atoms with van der Waals surface area (Å²) >= 11 is 6.29. The molecule has 2 saturated heterocycles. The number of nitrogens with zero attached hydrogens (tertiary/aromatic N) is 4. The summed E-state index contributed by atoms with van der Waals surface area (Å²) in [6.45, 7) is 0. The van der Waals surface area contributed by atoms with Gasteiger partial charge in [0.2, 0.25) is 0 Å². The summed E-state index contributed by atoms with van der Waals surface area (Å²) in [4.78, 5) is 0. The average Bonchev–Trinajstić information content (AvgIpc) is 2.53. The molecule has 2 heterocycles. The van der Waals surface area contributed by atoms with Gasteiger partial charge < -0.3 is 0 Å². The van der Waals surface area contributed by atoms with Gasteiger partial charge in [-0.15, -0.1) is 47.0 Å². The summed E-state index contributed by atoms with van der Waals surface area (Å²) in [5, 5.41) is 35.6. The smallest absolute Gasteiger partial charge is 0.149 e. The van der Waals surface area contributed by atoms with Crippen molar-refractivity contribution in [1.82, 2.24) is 0 Å². The third-order valence-electron chi connectivity index (χ3n) is 2.89. The Labute approximate surface area is 140 Å². The lowest BCUT2D eigenvalue weighted by molar-refractivity contribution is 0.514. The molecular formula is C13H8N4S4. The van der Waals surface area contributed by atoms with Crippen LogP contribution in [0, 0.1) is 50.7 Å². The van der Waals surface area contributed by atoms with Crippen molar-refractivity contribution in [3.8, 4) is 24.3 Å². The highest BCUT2D eigenvalue weighted by Gasteiger charge is 2.39. The molecule has 0 aliphatic carbocycles. The molecule has 0 aromatic heterocycles. The van der Waals surface area contributed by atoms with Crippen molar-refractivity contribution in [3.05, 3.63) is 19.6 Å². The van der Waals surface area contributed by atoms with E-state index in [1.165, 1.54) is 0 Å². The molecule has 2 fully saturated rings. The van der Waals surface area contributed by atoms with Crippen LogP contribution in [0.1, 0.15) is 0 Å². The molecule has 0 radical (unpaired) electrons. The second-order valence-corrected chi connectivity index (χ2v) is 8.89. The number of hydrogen-bond donors (Lipinski definition) is 0. The summed E-state index contributed by atoms with van der Waals surface area (Å²) in [5.74, 6) is 3.46. The molecular weight excluding hydrogens is 340 g/mol. The number of nitriles is 4. The fourth-order valence-electron chi connectivity index (χ4n) is 1.73. The maximum absolute atomic E-state index is 8.90. The maximum atomic E-state index is 8.90. The lowest BCUT2D eigenvalue weighted by atomic mass is 9.99. The maximum Gasteiger partial charge on any atom is 0.149 e. The van der Waals surface area contributed by atoms with E-state index in [1.54, 1.807) is 47.0 Å². The average molecular weight is 349 g/mol. The van der Waals surface area contributed by atoms with Gasteiger partial charge in [-0.05, 0) is 0 Å². The van der Waals surface area contributed by atoms with Gasteiger partial charge >= 0.3 is 0 Å². The van der Waals surface area contributed by atoms with Crippen LogP contribution in [0.15, 0.2) is 19.6 Å². The van der Waals surface area contributed by atoms with E-state index in [2.05, 4.69) is 0 Å². The molecule has 0 unspecified atom stereocenters. The Morgan fingerprint density at radius 1 is 0.667 bits per heavy atom. The first kappa shape index (κ1) is 16.2. The Balaban J connectivity index is 2.06. The molecule has 104 valence electrons. The van der Waals surface area contributed by atoms with E-state index in [-0.39, 0.29) is 16.6 Å². The van der Waals surface area contributed by atoms with Crippen molar-refractivity contribution >= 4 is 47.0 Å². The van der Waals surface area contributed by atoms with Crippen molar-refractivity contribution < 1.29 is 0 Å². The lowest BCUT2D eigenvalue weighted by Gasteiger charge is -2.39. The van der Waals surface area contributed by atoms with Crippen LogP contribution >= 0.6 is 47.0 Å². The third kappa shape index (κ3) is 3.54. The van der Waals surface area contributed by atoms with E-state index in [0.29, 0.717) is 0 Å². The second kappa shape index (κ2) is 7.21. The van der Waals surface area contributed by atoms with Crippen molar-refractivity contribution in [2.45, 2.75) is 0 Å². The molecule has 0 aromatic rings. The molecule has 21 heavy (non-hydrogen) atoms. The van der Waals surface area contributed by atoms with Crippen molar-refractivity contribution in [3.63, 3.8) is 0 Å². The van der Waals surface area contributed by atoms with E-state index < -0.39 is 0 Å². The minimum absolute atomic E-state index is 0.129. The monoisotopic (exact) mass is 348 g/mol. The highest BCUT2D eigenvalue weighted by Crippen LogP contribution is 2.53. The third-order valence-corrected chi connectivity index (χ3v) is 9.20. The SMILES string of the molecule is N#CC(C#N)=C1SCC2(CS1)CSC(=C(C#N)C#N)SC2. The van der Waals surface area contributed by atoms with Gasteiger partial charge in [-0.2, -0.15) is 21.0 Å². The Morgan fingerprint density at radius 3 is 1.19 bits per heavy atom. The van der Waals surface area contributed by atoms with Crippen LogP contribution in [-0.2, 0) is 0 Å². The van der Waals surface area contributed by atoms with Crippen LogP contribution in [0.2, 0.25) is 0 Å². The first-order valence-corrected chi connectivity index (χ1v) is 9.72. The van der Waals surface area contributed by atoms with Gasteiger partial charge in [-0.1, -0.05) is 0 Å². The number of rotatable bonds is 0. The largest absolute Gasteiger partial charge is 0.192 e. The quantitative estimate of drug-likeness (QED) is 0.614. The zero-order chi connectivity index (χ0) is 15.3. The molecule has 1 spiro atoms. The number of hydrogen-bond acceptors (Lipinski definition) is 8. The second-order valence-electron chi connectivity index (χ2n) is 4.43. The Kier molecular flexibility index (Phi) is 5.57. The minimum atomic E-state index is 0.129. The van der Waals surface area contributed by atoms with Crippen LogP contribution < -0.4 is 0 Å². The van der Waals surface area contributed by atoms with Gasteiger partial charge in [-0.3, -0.25) is 0 Å². The van der Waals surface area contributed by atoms with Gasteiger partial charge in [0.05, 0.1) is 8.47 Å². The van der Waals surface area contributed by atoms with Crippen molar-refractivity contribution in [1.29, 1.82) is 21.0 Å². The predicted molar refractivity (Wildman–Crippen MR) is 88.8 cm³/mol. The summed E-state index contributed by atoms with van der Waals surface area (Å²) in [7, 11) is 0. The predicted octanol–water partition coefficient (Wildman–Crippen LogP) is 3.45. The highest BCUT2D eigenvalue weighted by atomic mass is 32.2. The zero-order valence-corrected chi connectivity index (χ0v) is 14.0. The van der Waals surface area contributed by atoms with Crippen molar-refractivity contribution in [2.75, 3.05) is 23.0 Å². The van der Waals surface area contributed by atoms with E-state index in [9.17, 15) is 0 Å². The highest BCUT2D eigenvalue weighted by molar-refractivity contribution is 8.24. The molecule has 2 aliphatic heterocycles. The van der Waals surface area contributed by atoms with E-state index in [1.807, 2.05) is 24.3 Å². The molecule has 0 amide bonds. The molecule has 4 nitrogen and oxygen atoms in total. The Hall–Kier alpha value is -1.16. The normalized spacial score (nSPS) is 24.4. The Bertz CT molecular complexity index is 565. The summed E-state index contributed by atoms with van der Waals surface area (Å²) in [6.07, 6.45) is 0. The van der Waals surface area contributed by atoms with Crippen LogP contribution in [0.25, 0.3) is 0 Å². The van der Waals surface area contributed by atoms with Crippen molar-refractivity contribution in [2.24, 2.45) is 5.41 Å². The lowest BCUT2D eigenvalue weighted by Crippen LogP contribution is -2.37. The van der Waals surface area contributed by atoms with Gasteiger partial charge in [0.25, 0.3) is 0 Å². The topological polar surface area (TPSA) is 95.2 Å². The fourth-order valence-corrected chi connectivity index (χ4v) is 7.79. The summed E-state index contributed by atoms with van der Waals surface area (Å²) in [5.41, 5.74) is 0.532. The first-order chi connectivity index (χ1) is 10.2. The van der Waals surface area contributed by atoms with E-state index in [4.69, 9.17) is 21.0 Å². The standard InChI is InChI=1S/C13H8N4S4/c14-1-9(2-15)11-18-5-13(6-19-11)7-20-12(21-8-13)10(3-16)4-17/h5-8H2. The number of allylic oxidation sites excluding steroid dienone is 2. The zero-order valence-electron chi connectivity index (χ0n) is 10.8. The fraction of sp³-hybridized carbons (Fsp3) is 0.385. The number of thioether (sulfide) groups is 4. The summed E-state index contributed by atoms with van der Waals surface area (Å²) < 4.78 is 1.63. The van der Waals surface area contributed by atoms with Crippen LogP contribution in [-0.4, -0.2) is 23.0 Å². The van der Waals surface area contributed by atoms with E-state index in [0.717, 1.165) is 31.5 Å². The molecule has 0 N–H and O–H groups in total. The molecule has 0 aromatic carbocycles. The van der Waals surface area contributed by atoms with Gasteiger partial charge in [-0.25, -0.2) is 0 Å². The molecule has 0 saturated carbocycles. The van der Waals surface area contributed by atoms with Crippen LogP contribution in [0.3, 0.4) is 0 Å². The van der Waals surface area contributed by atoms with Crippen LogP contribution in [0.4, 0.5) is 0 Å². The molecule has 0 bridgehead atoms. The van der Waals surface area contributed by atoms with Gasteiger partial charge in [0.15, 0.2) is 0 Å². The molecule has 2 aliphatic rings. The van der Waals surface area contributed by atoms with Gasteiger partial charge in [0, 0.05) is 28.4 Å². The Morgan fingerprint density at radius 2 is 0.952 bits per heavy atom. The van der Waals surface area contributed by atoms with E-state index >= 15 is 0 Å². The molecule has 2 rings (SSSR count). The minimum Gasteiger partial charge on any atom is -0.192 e. The summed E-state index contributed by atoms with van der Waals surface area (Å²) in [6, 6.07) is 7.75.